The number of ether oxygens (including phenoxy) is 9. The van der Waals surface area contributed by atoms with Crippen molar-refractivity contribution in [3.8, 4) is 0 Å². The number of hydrogen-bond acceptors (Lipinski definition) is 17. The predicted octanol–water partition coefficient (Wildman–Crippen LogP) is 10.7. The first-order chi connectivity index (χ1) is 39.3. The number of hydrogen-bond donors (Lipinski definition) is 1. The van der Waals surface area contributed by atoms with E-state index in [0.29, 0.717) is 0 Å². The van der Waals surface area contributed by atoms with Gasteiger partial charge in [-0.3, -0.25) is 4.11 Å². The molecule has 0 saturated carbocycles. The Morgan fingerprint density at radius 2 is 0.793 bits per heavy atom. The SMILES string of the molecule is C=CCO[C@H]1O[C@H](CO[C@@H]2O[C@H](CO)[C@@H](O[Si](O[Si](F)(C(C)C)C(C)C)(C(C)C)C(C)C)[C@H](OC(=O)c3ccccc3)[C@H]2OC(=O)c2ccccc2)[C@H](OC(=O)c2ccccc2)[C@H](OC(=O)c2ccccc2)[C@H]1OC(=O)c1ccccc1. The van der Waals surface area contributed by atoms with Gasteiger partial charge in [-0.1, -0.05) is 152 Å². The Morgan fingerprint density at radius 1 is 0.476 bits per heavy atom. The van der Waals surface area contributed by atoms with E-state index in [0.717, 1.165) is 0 Å². The number of benzene rings is 5. The van der Waals surface area contributed by atoms with Crippen molar-refractivity contribution in [1.82, 2.24) is 0 Å². The molecule has 2 aliphatic rings. The van der Waals surface area contributed by atoms with E-state index in [1.54, 1.807) is 119 Å². The first kappa shape index (κ1) is 62.9. The van der Waals surface area contributed by atoms with Gasteiger partial charge in [0.25, 0.3) is 0 Å². The van der Waals surface area contributed by atoms with Gasteiger partial charge in [0.05, 0.1) is 47.6 Å². The monoisotopic (exact) mass is 1160 g/mol. The van der Waals surface area contributed by atoms with E-state index in [4.69, 9.17) is 51.2 Å². The highest BCUT2D eigenvalue weighted by Gasteiger charge is 2.61. The third-order valence-corrected chi connectivity index (χ3v) is 23.8. The van der Waals surface area contributed by atoms with Crippen LogP contribution in [-0.4, -0.2) is 133 Å². The van der Waals surface area contributed by atoms with Crippen molar-refractivity contribution in [3.63, 3.8) is 0 Å². The average molecular weight is 1170 g/mol. The van der Waals surface area contributed by atoms with Gasteiger partial charge in [-0.15, -0.1) is 6.58 Å². The second-order valence-electron chi connectivity index (χ2n) is 21.1. The molecule has 17 nitrogen and oxygen atoms in total. The summed E-state index contributed by atoms with van der Waals surface area (Å²) in [6.07, 6.45) is -15.0. The summed E-state index contributed by atoms with van der Waals surface area (Å²) in [4.78, 5) is 71.6. The van der Waals surface area contributed by atoms with Gasteiger partial charge in [0.1, 0.15) is 18.3 Å². The van der Waals surface area contributed by atoms with Crippen LogP contribution in [0.1, 0.15) is 107 Å². The number of carbonyl (C=O) groups excluding carboxylic acids is 5. The van der Waals surface area contributed by atoms with Crippen LogP contribution in [-0.2, 0) is 51.2 Å². The van der Waals surface area contributed by atoms with Gasteiger partial charge >= 0.3 is 47.1 Å². The molecular weight excluding hydrogens is 1090 g/mol. The van der Waals surface area contributed by atoms with Crippen molar-refractivity contribution >= 4 is 47.1 Å². The van der Waals surface area contributed by atoms with Gasteiger partial charge in [-0.2, -0.15) is 0 Å². The number of aliphatic hydroxyl groups excluding tert-OH is 1. The lowest BCUT2D eigenvalue weighted by molar-refractivity contribution is -0.327. The Bertz CT molecular complexity index is 2850. The fraction of sp³-hybridized carbons (Fsp3) is 0.403. The molecule has 5 aromatic carbocycles. The van der Waals surface area contributed by atoms with Crippen LogP contribution in [0.25, 0.3) is 0 Å². The minimum absolute atomic E-state index is 0.0829. The molecule has 2 saturated heterocycles. The predicted molar refractivity (Wildman–Crippen MR) is 304 cm³/mol. The van der Waals surface area contributed by atoms with E-state index in [-0.39, 0.29) is 34.4 Å². The lowest BCUT2D eigenvalue weighted by Crippen LogP contribution is -2.68. The van der Waals surface area contributed by atoms with Crippen LogP contribution in [0.15, 0.2) is 164 Å². The summed E-state index contributed by atoms with van der Waals surface area (Å²) in [6.45, 7) is 16.6. The summed E-state index contributed by atoms with van der Waals surface area (Å²) < 4.78 is 89.3. The summed E-state index contributed by atoms with van der Waals surface area (Å²) in [7, 11) is -8.08. The third kappa shape index (κ3) is 15.1. The molecule has 5 aromatic rings. The molecular formula is C62H73FO17Si2. The molecule has 82 heavy (non-hydrogen) atoms. The fourth-order valence-corrected chi connectivity index (χ4v) is 19.7. The highest BCUT2D eigenvalue weighted by Crippen LogP contribution is 2.46. The molecule has 2 fully saturated rings. The second kappa shape index (κ2) is 29.0. The van der Waals surface area contributed by atoms with Crippen molar-refractivity contribution in [1.29, 1.82) is 0 Å². The Balaban J connectivity index is 1.36. The topological polar surface area (TPSA) is 207 Å². The van der Waals surface area contributed by atoms with E-state index < -0.39 is 144 Å². The van der Waals surface area contributed by atoms with Gasteiger partial charge in [0.2, 0.25) is 0 Å². The molecule has 1 N–H and O–H groups in total. The first-order valence-corrected chi connectivity index (χ1v) is 31.4. The largest absolute Gasteiger partial charge is 0.452 e. The van der Waals surface area contributed by atoms with Crippen LogP contribution >= 0.6 is 0 Å². The number of esters is 5. The number of halogens is 1. The molecule has 0 bridgehead atoms. The lowest BCUT2D eigenvalue weighted by Gasteiger charge is -2.51. The minimum Gasteiger partial charge on any atom is -0.452 e. The zero-order valence-corrected chi connectivity index (χ0v) is 49.3. The third-order valence-electron chi connectivity index (χ3n) is 14.2. The number of rotatable bonds is 25. The Morgan fingerprint density at radius 3 is 1.12 bits per heavy atom. The summed E-state index contributed by atoms with van der Waals surface area (Å²) >= 11 is 0. The maximum atomic E-state index is 17.6. The average Bonchev–Trinajstić information content (AvgIpc) is 3.54. The fourth-order valence-electron chi connectivity index (χ4n) is 9.85. The standard InChI is InChI=1S/C62H73FO17Si2/c1-10-36-70-61-54(77-59(68)46-32-22-14-23-33-46)52(75-57(66)44-28-18-12-19-29-44)50(74-56(65)43-26-16-11-17-27-43)49(73-61)38-71-62-55(78-60(69)47-34-24-15-25-35-47)53(76-58(67)45-30-20-13-21-31-45)51(48(37-64)72-62)79-82(41(6)7,42(8)9)80-81(63,39(2)3)40(4)5/h10-35,39-42,48-55,61-62,64H,1,36-38H2,2-9H3/t48-,49-,50+,51-,52+,53+,54-,55-,61+,62-/m1/s1. The molecule has 0 aromatic heterocycles. The van der Waals surface area contributed by atoms with Crippen molar-refractivity contribution in [3.05, 3.63) is 192 Å². The van der Waals surface area contributed by atoms with Crippen LogP contribution in [0.5, 0.6) is 0 Å². The maximum absolute atomic E-state index is 17.6. The summed E-state index contributed by atoms with van der Waals surface area (Å²) in [6, 6.07) is 39.8. The quantitative estimate of drug-likeness (QED) is 0.0189. The zero-order chi connectivity index (χ0) is 59.1. The van der Waals surface area contributed by atoms with Gasteiger partial charge in [-0.05, 0) is 71.7 Å². The van der Waals surface area contributed by atoms with Gasteiger partial charge < -0.3 is 56.3 Å². The molecule has 0 spiro atoms. The summed E-state index contributed by atoms with van der Waals surface area (Å²) in [5, 5.41) is 11.5. The zero-order valence-electron chi connectivity index (χ0n) is 47.3. The maximum Gasteiger partial charge on any atom is 0.380 e. The van der Waals surface area contributed by atoms with Crippen LogP contribution in [0, 0.1) is 0 Å². The van der Waals surface area contributed by atoms with Crippen molar-refractivity contribution in [2.45, 2.75) is 139 Å². The van der Waals surface area contributed by atoms with E-state index in [2.05, 4.69) is 6.58 Å². The molecule has 0 aliphatic carbocycles. The molecule has 10 atom stereocenters. The highest BCUT2D eigenvalue weighted by molar-refractivity contribution is 6.83. The van der Waals surface area contributed by atoms with Crippen molar-refractivity contribution in [2.75, 3.05) is 19.8 Å². The van der Waals surface area contributed by atoms with Crippen LogP contribution in [0.4, 0.5) is 4.11 Å². The Labute approximate surface area is 480 Å². The number of carbonyl (C=O) groups is 5. The van der Waals surface area contributed by atoms with E-state index >= 15 is 4.11 Å². The van der Waals surface area contributed by atoms with E-state index in [9.17, 15) is 29.1 Å². The molecule has 0 unspecified atom stereocenters. The van der Waals surface area contributed by atoms with Crippen molar-refractivity contribution in [2.24, 2.45) is 0 Å². The molecule has 0 radical (unpaired) electrons. The minimum atomic E-state index is -4.15. The van der Waals surface area contributed by atoms with Gasteiger partial charge in [0, 0.05) is 11.1 Å². The Kier molecular flexibility index (Phi) is 22.2. The first-order valence-electron chi connectivity index (χ1n) is 27.4. The van der Waals surface area contributed by atoms with Crippen LogP contribution < -0.4 is 0 Å². The van der Waals surface area contributed by atoms with Crippen LogP contribution in [0.3, 0.4) is 0 Å². The molecule has 0 amide bonds. The summed E-state index contributed by atoms with van der Waals surface area (Å²) in [5.41, 5.74) is -1.46. The highest BCUT2D eigenvalue weighted by atomic mass is 28.5. The summed E-state index contributed by atoms with van der Waals surface area (Å²) in [5.74, 6) is -4.48. The van der Waals surface area contributed by atoms with Crippen molar-refractivity contribution < 1.29 is 84.4 Å². The lowest BCUT2D eigenvalue weighted by atomic mass is 9.97. The molecule has 7 rings (SSSR count). The second-order valence-corrected chi connectivity index (χ2v) is 29.6. The molecule has 2 heterocycles. The van der Waals surface area contributed by atoms with Crippen LogP contribution in [0.2, 0.25) is 22.2 Å². The molecule has 20 heteroatoms. The van der Waals surface area contributed by atoms with Gasteiger partial charge in [-0.25, -0.2) is 24.0 Å². The Hall–Kier alpha value is -6.73. The van der Waals surface area contributed by atoms with E-state index in [1.165, 1.54) is 66.7 Å². The molecule has 438 valence electrons. The number of aliphatic hydroxyl groups is 1. The molecule has 2 aliphatic heterocycles. The van der Waals surface area contributed by atoms with Gasteiger partial charge in [0.15, 0.2) is 43.1 Å². The normalized spacial score (nSPS) is 23.0. The smallest absolute Gasteiger partial charge is 0.380 e. The van der Waals surface area contributed by atoms with E-state index in [1.807, 2.05) is 27.7 Å².